The van der Waals surface area contributed by atoms with Crippen molar-refractivity contribution in [3.05, 3.63) is 47.4 Å². The maximum atomic E-state index is 9.38. The average Bonchev–Trinajstić information content (AvgIpc) is 3.16. The summed E-state index contributed by atoms with van der Waals surface area (Å²) in [5.41, 5.74) is 6.25. The molecule has 4 rings (SSSR count). The van der Waals surface area contributed by atoms with Gasteiger partial charge in [-0.1, -0.05) is 45.0 Å². The van der Waals surface area contributed by atoms with E-state index in [1.807, 2.05) is 11.5 Å². The number of aromatic nitrogens is 5. The van der Waals surface area contributed by atoms with Gasteiger partial charge in [-0.3, -0.25) is 0 Å². The molecule has 3 heterocycles. The van der Waals surface area contributed by atoms with Crippen LogP contribution in [0.4, 0.5) is 0 Å². The number of rotatable bonds is 3. The molecule has 0 unspecified atom stereocenters. The van der Waals surface area contributed by atoms with Crippen LogP contribution >= 0.6 is 0 Å². The van der Waals surface area contributed by atoms with Crippen LogP contribution in [0, 0.1) is 13.8 Å². The predicted octanol–water partition coefficient (Wildman–Crippen LogP) is 3.65. The highest BCUT2D eigenvalue weighted by atomic mass is 16.3. The molecule has 6 heteroatoms. The standard InChI is InChI=1S/C21H25N5O/c1-13-14(2)25(10-11-27)19-17(13)20-23-18(24-26(20)12-22-19)15-6-8-16(9-7-15)21(3,4)5/h6-9,12,27H,10-11H2,1-5H3. The van der Waals surface area contributed by atoms with Crippen molar-refractivity contribution in [2.75, 3.05) is 6.61 Å². The molecule has 0 fully saturated rings. The highest BCUT2D eigenvalue weighted by molar-refractivity contribution is 5.94. The second-order valence-corrected chi connectivity index (χ2v) is 8.06. The summed E-state index contributed by atoms with van der Waals surface area (Å²) in [7, 11) is 0. The molecule has 0 saturated carbocycles. The highest BCUT2D eigenvalue weighted by Gasteiger charge is 2.19. The molecular weight excluding hydrogens is 338 g/mol. The smallest absolute Gasteiger partial charge is 0.182 e. The lowest BCUT2D eigenvalue weighted by Gasteiger charge is -2.18. The molecule has 0 spiro atoms. The Labute approximate surface area is 158 Å². The summed E-state index contributed by atoms with van der Waals surface area (Å²) in [5.74, 6) is 0.691. The van der Waals surface area contributed by atoms with Gasteiger partial charge < -0.3 is 9.67 Å². The van der Waals surface area contributed by atoms with Crippen molar-refractivity contribution in [2.24, 2.45) is 0 Å². The minimum Gasteiger partial charge on any atom is -0.395 e. The first kappa shape index (κ1) is 17.7. The summed E-state index contributed by atoms with van der Waals surface area (Å²) < 4.78 is 3.78. The van der Waals surface area contributed by atoms with Crippen LogP contribution in [0.5, 0.6) is 0 Å². The Hall–Kier alpha value is -2.73. The van der Waals surface area contributed by atoms with Crippen LogP contribution in [-0.2, 0) is 12.0 Å². The number of fused-ring (bicyclic) bond motifs is 3. The molecule has 0 bridgehead atoms. The van der Waals surface area contributed by atoms with E-state index < -0.39 is 0 Å². The third-order valence-electron chi connectivity index (χ3n) is 5.28. The SMILES string of the molecule is Cc1c(C)n(CCO)c2ncn3nc(-c4ccc(C(C)(C)C)cc4)nc3c12. The molecule has 4 aromatic rings. The zero-order chi connectivity index (χ0) is 19.3. The Balaban J connectivity index is 1.87. The summed E-state index contributed by atoms with van der Waals surface area (Å²) in [6, 6.07) is 8.44. The van der Waals surface area contributed by atoms with Gasteiger partial charge in [0.25, 0.3) is 0 Å². The van der Waals surface area contributed by atoms with Crippen LogP contribution in [0.2, 0.25) is 0 Å². The maximum Gasteiger partial charge on any atom is 0.182 e. The van der Waals surface area contributed by atoms with Gasteiger partial charge in [0.05, 0.1) is 12.0 Å². The Kier molecular flexibility index (Phi) is 4.03. The first-order chi connectivity index (χ1) is 12.8. The monoisotopic (exact) mass is 363 g/mol. The van der Waals surface area contributed by atoms with Crippen LogP contribution in [0.1, 0.15) is 37.6 Å². The number of aliphatic hydroxyl groups excluding tert-OH is 1. The van der Waals surface area contributed by atoms with Crippen molar-refractivity contribution in [1.29, 1.82) is 0 Å². The van der Waals surface area contributed by atoms with Crippen molar-refractivity contribution in [3.8, 4) is 11.4 Å². The van der Waals surface area contributed by atoms with Crippen molar-refractivity contribution in [2.45, 2.75) is 46.6 Å². The van der Waals surface area contributed by atoms with E-state index in [0.29, 0.717) is 12.4 Å². The summed E-state index contributed by atoms with van der Waals surface area (Å²) in [6.07, 6.45) is 1.70. The van der Waals surface area contributed by atoms with Crippen LogP contribution in [0.3, 0.4) is 0 Å². The normalized spacial score (nSPS) is 12.4. The van der Waals surface area contributed by atoms with Gasteiger partial charge in [-0.15, -0.1) is 5.10 Å². The van der Waals surface area contributed by atoms with Crippen LogP contribution in [0.15, 0.2) is 30.6 Å². The third-order valence-corrected chi connectivity index (χ3v) is 5.28. The van der Waals surface area contributed by atoms with Crippen molar-refractivity contribution >= 4 is 16.7 Å². The maximum absolute atomic E-state index is 9.38. The first-order valence-electron chi connectivity index (χ1n) is 9.24. The van der Waals surface area contributed by atoms with E-state index in [4.69, 9.17) is 4.98 Å². The zero-order valence-corrected chi connectivity index (χ0v) is 16.5. The molecule has 27 heavy (non-hydrogen) atoms. The van der Waals surface area contributed by atoms with Crippen LogP contribution < -0.4 is 0 Å². The molecule has 6 nitrogen and oxygen atoms in total. The van der Waals surface area contributed by atoms with Crippen molar-refractivity contribution in [3.63, 3.8) is 0 Å². The summed E-state index contributed by atoms with van der Waals surface area (Å²) in [4.78, 5) is 9.39. The molecule has 0 aliphatic heterocycles. The van der Waals surface area contributed by atoms with Gasteiger partial charge in [-0.2, -0.15) is 0 Å². The van der Waals surface area contributed by atoms with Gasteiger partial charge in [-0.25, -0.2) is 14.5 Å². The number of benzene rings is 1. The topological polar surface area (TPSA) is 68.2 Å². The molecule has 3 aromatic heterocycles. The number of hydrogen-bond acceptors (Lipinski definition) is 4. The van der Waals surface area contributed by atoms with Crippen LogP contribution in [0.25, 0.3) is 28.1 Å². The third kappa shape index (κ3) is 2.80. The molecule has 1 N–H and O–H groups in total. The molecule has 1 aromatic carbocycles. The number of nitrogens with zero attached hydrogens (tertiary/aromatic N) is 5. The van der Waals surface area contributed by atoms with E-state index in [0.717, 1.165) is 33.5 Å². The molecule has 0 aliphatic rings. The first-order valence-corrected chi connectivity index (χ1v) is 9.24. The van der Waals surface area contributed by atoms with Gasteiger partial charge in [0.2, 0.25) is 0 Å². The molecule has 0 radical (unpaired) electrons. The average molecular weight is 363 g/mol. The fourth-order valence-corrected chi connectivity index (χ4v) is 3.55. The largest absolute Gasteiger partial charge is 0.395 e. The predicted molar refractivity (Wildman–Crippen MR) is 107 cm³/mol. The number of aryl methyl sites for hydroxylation is 1. The Morgan fingerprint density at radius 2 is 1.74 bits per heavy atom. The van der Waals surface area contributed by atoms with E-state index in [-0.39, 0.29) is 12.0 Å². The summed E-state index contributed by atoms with van der Waals surface area (Å²) >= 11 is 0. The van der Waals surface area contributed by atoms with Crippen molar-refractivity contribution in [1.82, 2.24) is 24.1 Å². The zero-order valence-electron chi connectivity index (χ0n) is 16.5. The fraction of sp³-hybridized carbons (Fsp3) is 0.381. The lowest BCUT2D eigenvalue weighted by atomic mass is 9.87. The molecule has 0 amide bonds. The van der Waals surface area contributed by atoms with Gasteiger partial charge in [0.1, 0.15) is 12.0 Å². The van der Waals surface area contributed by atoms with Gasteiger partial charge >= 0.3 is 0 Å². The second kappa shape index (κ2) is 6.16. The molecule has 0 aliphatic carbocycles. The fourth-order valence-electron chi connectivity index (χ4n) is 3.55. The van der Waals surface area contributed by atoms with E-state index in [1.54, 1.807) is 10.8 Å². The summed E-state index contributed by atoms with van der Waals surface area (Å²) in [5, 5.41) is 15.0. The molecular formula is C21H25N5O. The molecule has 140 valence electrons. The van der Waals surface area contributed by atoms with Gasteiger partial charge in [0, 0.05) is 17.8 Å². The molecule has 0 atom stereocenters. The van der Waals surface area contributed by atoms with Crippen molar-refractivity contribution < 1.29 is 5.11 Å². The van der Waals surface area contributed by atoms with Crippen LogP contribution in [-0.4, -0.2) is 35.9 Å². The van der Waals surface area contributed by atoms with E-state index >= 15 is 0 Å². The van der Waals surface area contributed by atoms with E-state index in [2.05, 4.69) is 62.0 Å². The van der Waals surface area contributed by atoms with E-state index in [1.165, 1.54) is 5.56 Å². The Morgan fingerprint density at radius 3 is 2.37 bits per heavy atom. The quantitative estimate of drug-likeness (QED) is 0.603. The minimum absolute atomic E-state index is 0.0784. The number of aliphatic hydroxyl groups is 1. The highest BCUT2D eigenvalue weighted by Crippen LogP contribution is 2.29. The lowest BCUT2D eigenvalue weighted by molar-refractivity contribution is 0.276. The minimum atomic E-state index is 0.0784. The Bertz CT molecular complexity index is 1130. The second-order valence-electron chi connectivity index (χ2n) is 8.06. The lowest BCUT2D eigenvalue weighted by Crippen LogP contribution is -2.10. The van der Waals surface area contributed by atoms with Gasteiger partial charge in [-0.05, 0) is 30.4 Å². The van der Waals surface area contributed by atoms with Gasteiger partial charge in [0.15, 0.2) is 11.5 Å². The molecule has 0 saturated heterocycles. The van der Waals surface area contributed by atoms with E-state index in [9.17, 15) is 5.11 Å². The Morgan fingerprint density at radius 1 is 1.04 bits per heavy atom. The summed E-state index contributed by atoms with van der Waals surface area (Å²) in [6.45, 7) is 11.3. The number of hydrogen-bond donors (Lipinski definition) is 1.